The number of hydrogen-bond acceptors (Lipinski definition) is 6. The second-order valence-electron chi connectivity index (χ2n) is 9.77. The summed E-state index contributed by atoms with van der Waals surface area (Å²) in [6.45, 7) is 4.04. The number of aryl methyl sites for hydroxylation is 2. The van der Waals surface area contributed by atoms with Crippen LogP contribution in [0.1, 0.15) is 11.4 Å². The summed E-state index contributed by atoms with van der Waals surface area (Å²) in [5, 5.41) is 2.14. The van der Waals surface area contributed by atoms with Crippen LogP contribution >= 0.6 is 0 Å². The number of hydrogen-bond donors (Lipinski definition) is 0. The smallest absolute Gasteiger partial charge is 0.182 e. The van der Waals surface area contributed by atoms with E-state index in [-0.39, 0.29) is 0 Å². The van der Waals surface area contributed by atoms with Crippen molar-refractivity contribution in [1.29, 1.82) is 0 Å². The normalized spacial score (nSPS) is 11.2. The Bertz CT molecular complexity index is 1960. The molecule has 0 amide bonds. The van der Waals surface area contributed by atoms with Crippen molar-refractivity contribution in [3.8, 4) is 45.4 Å². The lowest BCUT2D eigenvalue weighted by Crippen LogP contribution is -2.01. The zero-order chi connectivity index (χ0) is 27.1. The highest BCUT2D eigenvalue weighted by Gasteiger charge is 2.15. The molecule has 190 valence electrons. The van der Waals surface area contributed by atoms with E-state index in [1.807, 2.05) is 80.6 Å². The van der Waals surface area contributed by atoms with Gasteiger partial charge < -0.3 is 0 Å². The number of pyridine rings is 3. The van der Waals surface area contributed by atoms with E-state index in [0.717, 1.165) is 55.4 Å². The van der Waals surface area contributed by atoms with Crippen LogP contribution < -0.4 is 0 Å². The zero-order valence-corrected chi connectivity index (χ0v) is 22.1. The summed E-state index contributed by atoms with van der Waals surface area (Å²) in [7, 11) is 0. The van der Waals surface area contributed by atoms with Crippen LogP contribution in [0.25, 0.3) is 67.2 Å². The van der Waals surface area contributed by atoms with Crippen LogP contribution in [-0.4, -0.2) is 29.9 Å². The molecule has 4 heterocycles. The van der Waals surface area contributed by atoms with Gasteiger partial charge in [-0.3, -0.25) is 15.0 Å². The largest absolute Gasteiger partial charge is 0.253 e. The van der Waals surface area contributed by atoms with E-state index in [1.54, 1.807) is 6.20 Å². The molecule has 0 bridgehead atoms. The van der Waals surface area contributed by atoms with Gasteiger partial charge in [0.15, 0.2) is 17.5 Å². The highest BCUT2D eigenvalue weighted by Crippen LogP contribution is 2.34. The van der Waals surface area contributed by atoms with Crippen molar-refractivity contribution in [3.05, 3.63) is 121 Å². The fourth-order valence-corrected chi connectivity index (χ4v) is 4.99. The average molecular weight is 517 g/mol. The fraction of sp³-hybridized carbons (Fsp3) is 0.0588. The summed E-state index contributed by atoms with van der Waals surface area (Å²) in [5.74, 6) is 1.73. The van der Waals surface area contributed by atoms with Crippen LogP contribution in [0.3, 0.4) is 0 Å². The molecule has 6 heteroatoms. The maximum absolute atomic E-state index is 4.90. The van der Waals surface area contributed by atoms with Gasteiger partial charge in [0.1, 0.15) is 5.69 Å². The van der Waals surface area contributed by atoms with E-state index in [9.17, 15) is 0 Å². The van der Waals surface area contributed by atoms with Gasteiger partial charge in [-0.05, 0) is 55.3 Å². The molecular weight excluding hydrogens is 492 g/mol. The summed E-state index contributed by atoms with van der Waals surface area (Å²) >= 11 is 0. The number of nitrogens with zero attached hydrogens (tertiary/aromatic N) is 6. The van der Waals surface area contributed by atoms with Gasteiger partial charge in [0.25, 0.3) is 0 Å². The van der Waals surface area contributed by atoms with E-state index in [2.05, 4.69) is 41.4 Å². The molecule has 6 nitrogen and oxygen atoms in total. The van der Waals surface area contributed by atoms with Crippen molar-refractivity contribution in [2.75, 3.05) is 0 Å². The molecular formula is C34H24N6. The summed E-state index contributed by atoms with van der Waals surface area (Å²) in [6, 6.07) is 34.5. The third-order valence-corrected chi connectivity index (χ3v) is 6.90. The molecule has 0 aliphatic carbocycles. The minimum atomic E-state index is 0.535. The van der Waals surface area contributed by atoms with Crippen molar-refractivity contribution in [2.24, 2.45) is 0 Å². The topological polar surface area (TPSA) is 77.3 Å². The molecule has 0 fully saturated rings. The third kappa shape index (κ3) is 4.35. The van der Waals surface area contributed by atoms with Gasteiger partial charge in [0, 0.05) is 39.5 Å². The minimum absolute atomic E-state index is 0.535. The monoisotopic (exact) mass is 516 g/mol. The first-order chi connectivity index (χ1) is 19.6. The molecule has 4 aromatic heterocycles. The van der Waals surface area contributed by atoms with E-state index in [1.165, 1.54) is 0 Å². The molecule has 7 aromatic rings. The highest BCUT2D eigenvalue weighted by molar-refractivity contribution is 6.08. The quantitative estimate of drug-likeness (QED) is 0.224. The standard InChI is InChI=1S/C34H24N6/c1-21-14-15-23-16-17-27-28(19-22(2)37-31(27)30(23)36-21)25-11-8-12-26(20-25)33-38-32(24-9-4-3-5-10-24)39-34(40-33)29-13-6-7-18-35-29/h3-20H,1-2H3. The number of fused-ring (bicyclic) bond motifs is 3. The molecule has 0 atom stereocenters. The molecule has 0 spiro atoms. The Morgan fingerprint density at radius 1 is 0.475 bits per heavy atom. The second kappa shape index (κ2) is 9.75. The third-order valence-electron chi connectivity index (χ3n) is 6.90. The van der Waals surface area contributed by atoms with Crippen LogP contribution in [-0.2, 0) is 0 Å². The maximum Gasteiger partial charge on any atom is 0.182 e. The van der Waals surface area contributed by atoms with E-state index < -0.39 is 0 Å². The highest BCUT2D eigenvalue weighted by atomic mass is 15.0. The Morgan fingerprint density at radius 3 is 2.00 bits per heavy atom. The molecule has 0 radical (unpaired) electrons. The predicted molar refractivity (Wildman–Crippen MR) is 159 cm³/mol. The van der Waals surface area contributed by atoms with Crippen LogP contribution in [0.2, 0.25) is 0 Å². The second-order valence-corrected chi connectivity index (χ2v) is 9.77. The molecule has 0 saturated heterocycles. The summed E-state index contributed by atoms with van der Waals surface area (Å²) < 4.78 is 0. The van der Waals surface area contributed by atoms with Crippen molar-refractivity contribution in [3.63, 3.8) is 0 Å². The molecule has 7 rings (SSSR count). The van der Waals surface area contributed by atoms with Gasteiger partial charge >= 0.3 is 0 Å². The Kier molecular flexibility index (Phi) is 5.78. The van der Waals surface area contributed by atoms with Gasteiger partial charge in [-0.1, -0.05) is 72.8 Å². The van der Waals surface area contributed by atoms with Gasteiger partial charge in [0.05, 0.1) is 11.0 Å². The van der Waals surface area contributed by atoms with Crippen molar-refractivity contribution < 1.29 is 0 Å². The average Bonchev–Trinajstić information content (AvgIpc) is 3.01. The number of aromatic nitrogens is 6. The van der Waals surface area contributed by atoms with Crippen LogP contribution in [0.5, 0.6) is 0 Å². The predicted octanol–water partition coefficient (Wildman–Crippen LogP) is 7.65. The van der Waals surface area contributed by atoms with Crippen LogP contribution in [0, 0.1) is 13.8 Å². The lowest BCUT2D eigenvalue weighted by Gasteiger charge is -2.12. The van der Waals surface area contributed by atoms with Gasteiger partial charge in [-0.25, -0.2) is 15.0 Å². The van der Waals surface area contributed by atoms with Crippen LogP contribution in [0.4, 0.5) is 0 Å². The minimum Gasteiger partial charge on any atom is -0.253 e. The summed E-state index contributed by atoms with van der Waals surface area (Å²) in [6.07, 6.45) is 1.75. The van der Waals surface area contributed by atoms with E-state index in [4.69, 9.17) is 24.9 Å². The number of benzene rings is 3. The first kappa shape index (κ1) is 23.7. The Balaban J connectivity index is 1.41. The molecule has 0 aliphatic rings. The maximum atomic E-state index is 4.90. The van der Waals surface area contributed by atoms with Gasteiger partial charge in [0.2, 0.25) is 0 Å². The molecule has 0 saturated carbocycles. The van der Waals surface area contributed by atoms with Crippen molar-refractivity contribution in [2.45, 2.75) is 13.8 Å². The Morgan fingerprint density at radius 2 is 1.18 bits per heavy atom. The van der Waals surface area contributed by atoms with Crippen molar-refractivity contribution in [1.82, 2.24) is 29.9 Å². The van der Waals surface area contributed by atoms with E-state index in [0.29, 0.717) is 23.2 Å². The van der Waals surface area contributed by atoms with Crippen LogP contribution in [0.15, 0.2) is 109 Å². The van der Waals surface area contributed by atoms with Crippen molar-refractivity contribution >= 4 is 21.8 Å². The fourth-order valence-electron chi connectivity index (χ4n) is 4.99. The van der Waals surface area contributed by atoms with Gasteiger partial charge in [-0.2, -0.15) is 0 Å². The molecule has 40 heavy (non-hydrogen) atoms. The molecule has 0 aliphatic heterocycles. The lowest BCUT2D eigenvalue weighted by molar-refractivity contribution is 1.06. The summed E-state index contributed by atoms with van der Waals surface area (Å²) in [5.41, 5.74) is 8.40. The Labute approximate surface area is 231 Å². The Hall–Kier alpha value is -5.36. The SMILES string of the molecule is Cc1ccc2ccc3c(-c4cccc(-c5nc(-c6ccccc6)nc(-c6ccccn6)n5)c4)cc(C)nc3c2n1. The lowest BCUT2D eigenvalue weighted by atomic mass is 9.97. The summed E-state index contributed by atoms with van der Waals surface area (Å²) in [4.78, 5) is 28.7. The molecule has 0 N–H and O–H groups in total. The number of rotatable bonds is 4. The van der Waals surface area contributed by atoms with Gasteiger partial charge in [-0.15, -0.1) is 0 Å². The van der Waals surface area contributed by atoms with E-state index >= 15 is 0 Å². The first-order valence-electron chi connectivity index (χ1n) is 13.1. The molecule has 0 unspecified atom stereocenters. The zero-order valence-electron chi connectivity index (χ0n) is 22.1. The molecule has 3 aromatic carbocycles. The first-order valence-corrected chi connectivity index (χ1v) is 13.1.